The van der Waals surface area contributed by atoms with E-state index in [2.05, 4.69) is 10.2 Å². The van der Waals surface area contributed by atoms with Gasteiger partial charge in [-0.3, -0.25) is 0 Å². The molecule has 0 amide bonds. The fourth-order valence-corrected chi connectivity index (χ4v) is 3.44. The maximum atomic E-state index is 11.9. The van der Waals surface area contributed by atoms with Gasteiger partial charge in [-0.05, 0) is 39.5 Å². The SMILES string of the molecule is CCOC(=O)OC1(N=NC2(OC(=O)OCC)CCCCC2)CCCCC1. The van der Waals surface area contributed by atoms with E-state index in [9.17, 15) is 9.59 Å². The minimum atomic E-state index is -1.03. The van der Waals surface area contributed by atoms with Gasteiger partial charge in [0.15, 0.2) is 0 Å². The summed E-state index contributed by atoms with van der Waals surface area (Å²) in [5.74, 6) is 0. The fourth-order valence-electron chi connectivity index (χ4n) is 3.44. The van der Waals surface area contributed by atoms with Crippen molar-refractivity contribution < 1.29 is 28.5 Å². The van der Waals surface area contributed by atoms with Gasteiger partial charge in [-0.2, -0.15) is 0 Å². The van der Waals surface area contributed by atoms with Gasteiger partial charge in [0, 0.05) is 25.7 Å². The van der Waals surface area contributed by atoms with Gasteiger partial charge in [-0.25, -0.2) is 9.59 Å². The summed E-state index contributed by atoms with van der Waals surface area (Å²) in [7, 11) is 0. The molecule has 0 N–H and O–H groups in total. The van der Waals surface area contributed by atoms with E-state index in [0.717, 1.165) is 38.5 Å². The van der Waals surface area contributed by atoms with Crippen LogP contribution in [0.4, 0.5) is 9.59 Å². The molecular formula is C18H30N2O6. The molecule has 8 heteroatoms. The van der Waals surface area contributed by atoms with E-state index in [4.69, 9.17) is 18.9 Å². The van der Waals surface area contributed by atoms with E-state index in [1.807, 2.05) is 0 Å². The molecule has 2 rings (SSSR count). The van der Waals surface area contributed by atoms with Crippen LogP contribution in [0.5, 0.6) is 0 Å². The monoisotopic (exact) mass is 370 g/mol. The first-order valence-corrected chi connectivity index (χ1v) is 9.69. The molecule has 2 saturated carbocycles. The quantitative estimate of drug-likeness (QED) is 0.476. The smallest absolute Gasteiger partial charge is 0.435 e. The van der Waals surface area contributed by atoms with Crippen LogP contribution in [0, 0.1) is 0 Å². The molecule has 0 saturated heterocycles. The summed E-state index contributed by atoms with van der Waals surface area (Å²) in [6, 6.07) is 0. The second-order valence-corrected chi connectivity index (χ2v) is 6.78. The van der Waals surface area contributed by atoms with Crippen molar-refractivity contribution in [1.29, 1.82) is 0 Å². The van der Waals surface area contributed by atoms with Gasteiger partial charge < -0.3 is 18.9 Å². The van der Waals surface area contributed by atoms with E-state index in [1.54, 1.807) is 13.8 Å². The van der Waals surface area contributed by atoms with Crippen molar-refractivity contribution in [3.63, 3.8) is 0 Å². The summed E-state index contributed by atoms with van der Waals surface area (Å²) in [6.45, 7) is 3.92. The van der Waals surface area contributed by atoms with Crippen molar-refractivity contribution in [2.45, 2.75) is 89.5 Å². The highest BCUT2D eigenvalue weighted by atomic mass is 16.7. The summed E-state index contributed by atoms with van der Waals surface area (Å²) in [5, 5.41) is 8.83. The molecule has 0 atom stereocenters. The lowest BCUT2D eigenvalue weighted by atomic mass is 9.91. The topological polar surface area (TPSA) is 95.8 Å². The van der Waals surface area contributed by atoms with Gasteiger partial charge in [0.25, 0.3) is 0 Å². The number of ether oxygens (including phenoxy) is 4. The van der Waals surface area contributed by atoms with Crippen molar-refractivity contribution >= 4 is 12.3 Å². The molecule has 2 fully saturated rings. The Morgan fingerprint density at radius 1 is 0.692 bits per heavy atom. The fraction of sp³-hybridized carbons (Fsp3) is 0.889. The van der Waals surface area contributed by atoms with Gasteiger partial charge in [0.2, 0.25) is 11.4 Å². The molecule has 148 valence electrons. The highest BCUT2D eigenvalue weighted by molar-refractivity contribution is 5.61. The Morgan fingerprint density at radius 2 is 1.04 bits per heavy atom. The Morgan fingerprint density at radius 3 is 1.35 bits per heavy atom. The Hall–Kier alpha value is -1.86. The lowest BCUT2D eigenvalue weighted by Gasteiger charge is -2.35. The van der Waals surface area contributed by atoms with Gasteiger partial charge in [-0.15, -0.1) is 10.2 Å². The Bertz CT molecular complexity index is 452. The third-order valence-corrected chi connectivity index (χ3v) is 4.76. The summed E-state index contributed by atoms with van der Waals surface area (Å²) in [5.41, 5.74) is -2.07. The number of carbonyl (C=O) groups is 2. The molecule has 2 aliphatic carbocycles. The van der Waals surface area contributed by atoms with E-state index in [1.165, 1.54) is 0 Å². The molecule has 0 aliphatic heterocycles. The normalized spacial score (nSPS) is 21.8. The maximum Gasteiger partial charge on any atom is 0.510 e. The Kier molecular flexibility index (Phi) is 7.66. The van der Waals surface area contributed by atoms with Crippen LogP contribution in [0.3, 0.4) is 0 Å². The summed E-state index contributed by atoms with van der Waals surface area (Å²) >= 11 is 0. The number of rotatable bonds is 6. The molecule has 0 unspecified atom stereocenters. The van der Waals surface area contributed by atoms with Crippen LogP contribution in [-0.4, -0.2) is 37.0 Å². The third-order valence-electron chi connectivity index (χ3n) is 4.76. The van der Waals surface area contributed by atoms with E-state index in [0.29, 0.717) is 25.7 Å². The van der Waals surface area contributed by atoms with Crippen LogP contribution in [0.15, 0.2) is 10.2 Å². The second kappa shape index (κ2) is 9.73. The number of carbonyl (C=O) groups excluding carboxylic acids is 2. The number of azo groups is 1. The zero-order chi connectivity index (χ0) is 18.9. The summed E-state index contributed by atoms with van der Waals surface area (Å²) < 4.78 is 20.9. The first-order valence-electron chi connectivity index (χ1n) is 9.69. The van der Waals surface area contributed by atoms with Gasteiger partial charge in [-0.1, -0.05) is 12.8 Å². The van der Waals surface area contributed by atoms with Crippen molar-refractivity contribution in [3.8, 4) is 0 Å². The van der Waals surface area contributed by atoms with Crippen molar-refractivity contribution in [1.82, 2.24) is 0 Å². The molecule has 2 aliphatic rings. The lowest BCUT2D eigenvalue weighted by molar-refractivity contribution is -0.0765. The minimum Gasteiger partial charge on any atom is -0.435 e. The molecule has 8 nitrogen and oxygen atoms in total. The molecule has 0 aromatic rings. The van der Waals surface area contributed by atoms with Crippen LogP contribution < -0.4 is 0 Å². The summed E-state index contributed by atoms with van der Waals surface area (Å²) in [6.07, 6.45) is 6.57. The minimum absolute atomic E-state index is 0.238. The van der Waals surface area contributed by atoms with Crippen molar-refractivity contribution in [2.75, 3.05) is 13.2 Å². The summed E-state index contributed by atoms with van der Waals surface area (Å²) in [4.78, 5) is 23.7. The van der Waals surface area contributed by atoms with Crippen LogP contribution >= 0.6 is 0 Å². The van der Waals surface area contributed by atoms with Gasteiger partial charge in [0.05, 0.1) is 13.2 Å². The molecule has 26 heavy (non-hydrogen) atoms. The highest BCUT2D eigenvalue weighted by Crippen LogP contribution is 2.38. The molecule has 0 spiro atoms. The zero-order valence-corrected chi connectivity index (χ0v) is 15.8. The van der Waals surface area contributed by atoms with Crippen molar-refractivity contribution in [2.24, 2.45) is 10.2 Å². The van der Waals surface area contributed by atoms with Crippen molar-refractivity contribution in [3.05, 3.63) is 0 Å². The van der Waals surface area contributed by atoms with E-state index < -0.39 is 23.8 Å². The standard InChI is InChI=1S/C18H30N2O6/c1-3-23-15(21)25-17(11-7-5-8-12-17)19-20-18(13-9-6-10-14-18)26-16(22)24-4-2/h3-14H2,1-2H3. The predicted octanol–water partition coefficient (Wildman–Crippen LogP) is 5.11. The van der Waals surface area contributed by atoms with Crippen LogP contribution in [0.25, 0.3) is 0 Å². The van der Waals surface area contributed by atoms with Gasteiger partial charge in [0.1, 0.15) is 0 Å². The van der Waals surface area contributed by atoms with Crippen LogP contribution in [0.1, 0.15) is 78.1 Å². The maximum absolute atomic E-state index is 11.9. The average Bonchev–Trinajstić information content (AvgIpc) is 2.62. The largest absolute Gasteiger partial charge is 0.510 e. The van der Waals surface area contributed by atoms with E-state index >= 15 is 0 Å². The molecule has 0 aromatic heterocycles. The average molecular weight is 370 g/mol. The Labute approximate surface area is 154 Å². The van der Waals surface area contributed by atoms with Crippen LogP contribution in [0.2, 0.25) is 0 Å². The number of nitrogens with zero attached hydrogens (tertiary/aromatic N) is 2. The molecule has 0 heterocycles. The lowest BCUT2D eigenvalue weighted by Crippen LogP contribution is -2.39. The molecule has 0 radical (unpaired) electrons. The Balaban J connectivity index is 2.16. The molecule has 0 bridgehead atoms. The molecular weight excluding hydrogens is 340 g/mol. The second-order valence-electron chi connectivity index (χ2n) is 6.78. The first kappa shape index (κ1) is 20.5. The van der Waals surface area contributed by atoms with Crippen LogP contribution in [-0.2, 0) is 18.9 Å². The zero-order valence-electron chi connectivity index (χ0n) is 15.8. The number of hydrogen-bond donors (Lipinski definition) is 0. The third kappa shape index (κ3) is 5.85. The van der Waals surface area contributed by atoms with Gasteiger partial charge >= 0.3 is 12.3 Å². The molecule has 0 aromatic carbocycles. The van der Waals surface area contributed by atoms with E-state index in [-0.39, 0.29) is 13.2 Å². The first-order chi connectivity index (χ1) is 12.5. The predicted molar refractivity (Wildman–Crippen MR) is 92.7 cm³/mol. The highest BCUT2D eigenvalue weighted by Gasteiger charge is 2.41. The number of hydrogen-bond acceptors (Lipinski definition) is 8.